The molecular weight excluding hydrogens is 324 g/mol. The Balaban J connectivity index is 1.65. The summed E-state index contributed by atoms with van der Waals surface area (Å²) in [4.78, 5) is 23.2. The fourth-order valence-electron chi connectivity index (χ4n) is 3.26. The molecule has 2 heterocycles. The van der Waals surface area contributed by atoms with Crippen LogP contribution in [-0.2, 0) is 24.9 Å². The van der Waals surface area contributed by atoms with Gasteiger partial charge in [0.05, 0.1) is 24.0 Å². The average molecular weight is 346 g/mol. The Labute approximate surface area is 145 Å². The summed E-state index contributed by atoms with van der Waals surface area (Å²) in [6.07, 6.45) is 9.00. The van der Waals surface area contributed by atoms with Crippen LogP contribution in [0.4, 0.5) is 0 Å². The van der Waals surface area contributed by atoms with Crippen molar-refractivity contribution >= 4 is 11.9 Å². The SMILES string of the molecule is Cn1cc(C(=O)NCc2cn(CC(=O)O)nn2)c(C2CCCCC2)n1. The number of hydrogen-bond donors (Lipinski definition) is 2. The Morgan fingerprint density at radius 1 is 1.28 bits per heavy atom. The first-order valence-electron chi connectivity index (χ1n) is 8.45. The summed E-state index contributed by atoms with van der Waals surface area (Å²) in [6, 6.07) is 0. The number of carbonyl (C=O) groups is 2. The average Bonchev–Trinajstić information content (AvgIpc) is 3.19. The highest BCUT2D eigenvalue weighted by Gasteiger charge is 2.24. The quantitative estimate of drug-likeness (QED) is 0.808. The number of carboxylic acids is 1. The van der Waals surface area contributed by atoms with E-state index in [1.807, 2.05) is 7.05 Å². The maximum atomic E-state index is 12.6. The van der Waals surface area contributed by atoms with Crippen molar-refractivity contribution in [2.45, 2.75) is 51.1 Å². The van der Waals surface area contributed by atoms with Gasteiger partial charge in [-0.25, -0.2) is 4.68 Å². The Morgan fingerprint density at radius 2 is 2.04 bits per heavy atom. The molecule has 0 atom stereocenters. The molecule has 1 saturated carbocycles. The Bertz CT molecular complexity index is 760. The first kappa shape index (κ1) is 17.1. The molecule has 0 bridgehead atoms. The summed E-state index contributed by atoms with van der Waals surface area (Å²) >= 11 is 0. The number of nitrogens with zero attached hydrogens (tertiary/aromatic N) is 5. The minimum atomic E-state index is -0.993. The van der Waals surface area contributed by atoms with Crippen LogP contribution < -0.4 is 5.32 Å². The molecule has 134 valence electrons. The molecule has 0 saturated heterocycles. The monoisotopic (exact) mass is 346 g/mol. The molecule has 2 aromatic rings. The van der Waals surface area contributed by atoms with Gasteiger partial charge in [0.25, 0.3) is 5.91 Å². The molecule has 2 aromatic heterocycles. The highest BCUT2D eigenvalue weighted by molar-refractivity contribution is 5.95. The van der Waals surface area contributed by atoms with Gasteiger partial charge in [0.15, 0.2) is 0 Å². The predicted octanol–water partition coefficient (Wildman–Crippen LogP) is 1.07. The zero-order valence-corrected chi connectivity index (χ0v) is 14.2. The molecule has 9 nitrogen and oxygen atoms in total. The summed E-state index contributed by atoms with van der Waals surface area (Å²) in [5.41, 5.74) is 1.99. The number of carbonyl (C=O) groups excluding carboxylic acids is 1. The van der Waals surface area contributed by atoms with Crippen LogP contribution in [0, 0.1) is 0 Å². The van der Waals surface area contributed by atoms with Gasteiger partial charge in [-0.15, -0.1) is 5.10 Å². The van der Waals surface area contributed by atoms with Crippen LogP contribution in [0.3, 0.4) is 0 Å². The van der Waals surface area contributed by atoms with E-state index in [2.05, 4.69) is 20.7 Å². The van der Waals surface area contributed by atoms with Gasteiger partial charge in [0.2, 0.25) is 0 Å². The van der Waals surface area contributed by atoms with Gasteiger partial charge in [-0.05, 0) is 12.8 Å². The van der Waals surface area contributed by atoms with Crippen LogP contribution in [0.25, 0.3) is 0 Å². The maximum absolute atomic E-state index is 12.6. The van der Waals surface area contributed by atoms with E-state index in [0.717, 1.165) is 18.5 Å². The van der Waals surface area contributed by atoms with Crippen LogP contribution in [-0.4, -0.2) is 41.8 Å². The number of carboxylic acid groups (broad SMARTS) is 1. The van der Waals surface area contributed by atoms with Crippen LogP contribution in [0.1, 0.15) is 59.8 Å². The zero-order valence-electron chi connectivity index (χ0n) is 14.2. The molecule has 0 aliphatic heterocycles. The fourth-order valence-corrected chi connectivity index (χ4v) is 3.26. The number of aryl methyl sites for hydroxylation is 1. The molecule has 1 aliphatic rings. The summed E-state index contributed by atoms with van der Waals surface area (Å²) in [5.74, 6) is -0.846. The molecule has 0 spiro atoms. The van der Waals surface area contributed by atoms with Gasteiger partial charge < -0.3 is 10.4 Å². The normalized spacial score (nSPS) is 15.2. The van der Waals surface area contributed by atoms with E-state index in [1.165, 1.54) is 30.1 Å². The van der Waals surface area contributed by atoms with Crippen molar-refractivity contribution in [3.63, 3.8) is 0 Å². The molecule has 1 amide bonds. The van der Waals surface area contributed by atoms with E-state index in [4.69, 9.17) is 5.11 Å². The lowest BCUT2D eigenvalue weighted by Crippen LogP contribution is -2.24. The molecule has 2 N–H and O–H groups in total. The second kappa shape index (κ2) is 7.45. The van der Waals surface area contributed by atoms with Crippen LogP contribution in [0.15, 0.2) is 12.4 Å². The van der Waals surface area contributed by atoms with Crippen molar-refractivity contribution in [2.24, 2.45) is 7.05 Å². The number of amides is 1. The van der Waals surface area contributed by atoms with Crippen molar-refractivity contribution < 1.29 is 14.7 Å². The molecule has 0 aromatic carbocycles. The third-order valence-electron chi connectivity index (χ3n) is 4.41. The van der Waals surface area contributed by atoms with Crippen molar-refractivity contribution in [3.8, 4) is 0 Å². The molecule has 1 aliphatic carbocycles. The molecule has 0 unspecified atom stereocenters. The van der Waals surface area contributed by atoms with E-state index in [9.17, 15) is 9.59 Å². The van der Waals surface area contributed by atoms with Gasteiger partial charge in [0, 0.05) is 19.2 Å². The minimum absolute atomic E-state index is 0.192. The third-order valence-corrected chi connectivity index (χ3v) is 4.41. The number of nitrogens with one attached hydrogen (secondary N) is 1. The van der Waals surface area contributed by atoms with Crippen molar-refractivity contribution in [1.82, 2.24) is 30.1 Å². The largest absolute Gasteiger partial charge is 0.480 e. The van der Waals surface area contributed by atoms with Crippen molar-refractivity contribution in [1.29, 1.82) is 0 Å². The third kappa shape index (κ3) is 4.23. The van der Waals surface area contributed by atoms with Crippen LogP contribution in [0.5, 0.6) is 0 Å². The van der Waals surface area contributed by atoms with E-state index >= 15 is 0 Å². The highest BCUT2D eigenvalue weighted by Crippen LogP contribution is 2.33. The lowest BCUT2D eigenvalue weighted by atomic mass is 9.85. The van der Waals surface area contributed by atoms with Gasteiger partial charge in [-0.1, -0.05) is 24.5 Å². The van der Waals surface area contributed by atoms with Gasteiger partial charge in [-0.2, -0.15) is 5.10 Å². The van der Waals surface area contributed by atoms with Gasteiger partial charge >= 0.3 is 5.97 Å². The van der Waals surface area contributed by atoms with E-state index in [-0.39, 0.29) is 19.0 Å². The molecule has 1 fully saturated rings. The van der Waals surface area contributed by atoms with Crippen LogP contribution in [0.2, 0.25) is 0 Å². The first-order valence-corrected chi connectivity index (χ1v) is 8.45. The second-order valence-corrected chi connectivity index (χ2v) is 6.42. The number of rotatable bonds is 6. The summed E-state index contributed by atoms with van der Waals surface area (Å²) in [6.45, 7) is -0.0627. The molecule has 0 radical (unpaired) electrons. The Kier molecular flexibility index (Phi) is 5.11. The van der Waals surface area contributed by atoms with Gasteiger partial charge in [0.1, 0.15) is 12.2 Å². The van der Waals surface area contributed by atoms with Crippen LogP contribution >= 0.6 is 0 Å². The van der Waals surface area contributed by atoms with E-state index in [0.29, 0.717) is 17.2 Å². The highest BCUT2D eigenvalue weighted by atomic mass is 16.4. The smallest absolute Gasteiger partial charge is 0.325 e. The second-order valence-electron chi connectivity index (χ2n) is 6.42. The standard InChI is InChI=1S/C16H22N6O3/c1-21-9-13(15(19-21)11-5-3-2-4-6-11)16(25)17-7-12-8-22(20-18-12)10-14(23)24/h8-9,11H,2-7,10H2,1H3,(H,17,25)(H,23,24). The number of hydrogen-bond acceptors (Lipinski definition) is 5. The lowest BCUT2D eigenvalue weighted by Gasteiger charge is -2.20. The van der Waals surface area contributed by atoms with Crippen molar-refractivity contribution in [2.75, 3.05) is 0 Å². The summed E-state index contributed by atoms with van der Waals surface area (Å²) in [5, 5.41) is 23.6. The Morgan fingerprint density at radius 3 is 2.76 bits per heavy atom. The number of aromatic nitrogens is 5. The fraction of sp³-hybridized carbons (Fsp3) is 0.562. The number of aliphatic carboxylic acids is 1. The first-order chi connectivity index (χ1) is 12.0. The molecule has 25 heavy (non-hydrogen) atoms. The molecule has 3 rings (SSSR count). The molecule has 9 heteroatoms. The Hall–Kier alpha value is -2.71. The maximum Gasteiger partial charge on any atom is 0.325 e. The predicted molar refractivity (Wildman–Crippen MR) is 87.9 cm³/mol. The zero-order chi connectivity index (χ0) is 17.8. The topological polar surface area (TPSA) is 115 Å². The van der Waals surface area contributed by atoms with Crippen molar-refractivity contribution in [3.05, 3.63) is 29.3 Å². The molecular formula is C16H22N6O3. The van der Waals surface area contributed by atoms with E-state index < -0.39 is 5.97 Å². The minimum Gasteiger partial charge on any atom is -0.480 e. The van der Waals surface area contributed by atoms with E-state index in [1.54, 1.807) is 10.9 Å². The van der Waals surface area contributed by atoms with Gasteiger partial charge in [-0.3, -0.25) is 14.3 Å². The summed E-state index contributed by atoms with van der Waals surface area (Å²) in [7, 11) is 1.82. The summed E-state index contributed by atoms with van der Waals surface area (Å²) < 4.78 is 2.91. The lowest BCUT2D eigenvalue weighted by molar-refractivity contribution is -0.137.